The van der Waals surface area contributed by atoms with Crippen LogP contribution in [0.1, 0.15) is 28.6 Å². The Balaban J connectivity index is 1.48. The van der Waals surface area contributed by atoms with Crippen LogP contribution in [0.2, 0.25) is 0 Å². The highest BCUT2D eigenvalue weighted by atomic mass is 16.7. The zero-order valence-corrected chi connectivity index (χ0v) is 17.0. The molecule has 0 unspecified atom stereocenters. The van der Waals surface area contributed by atoms with Gasteiger partial charge in [0.05, 0.1) is 25.0 Å². The first-order valence-electron chi connectivity index (χ1n) is 9.86. The van der Waals surface area contributed by atoms with Gasteiger partial charge in [-0.15, -0.1) is 0 Å². The van der Waals surface area contributed by atoms with E-state index in [1.54, 1.807) is 48.4 Å². The van der Waals surface area contributed by atoms with Gasteiger partial charge in [0.25, 0.3) is 0 Å². The van der Waals surface area contributed by atoms with E-state index in [9.17, 15) is 9.59 Å². The number of hydrogen-bond acceptors (Lipinski definition) is 6. The fourth-order valence-corrected chi connectivity index (χ4v) is 3.16. The van der Waals surface area contributed by atoms with E-state index in [2.05, 4.69) is 5.32 Å². The molecule has 0 atom stereocenters. The summed E-state index contributed by atoms with van der Waals surface area (Å²) in [7, 11) is 0. The van der Waals surface area contributed by atoms with E-state index in [-0.39, 0.29) is 19.4 Å². The Morgan fingerprint density at radius 3 is 2.58 bits per heavy atom. The number of furan rings is 1. The van der Waals surface area contributed by atoms with Crippen LogP contribution in [0.3, 0.4) is 0 Å². The molecule has 8 nitrogen and oxygen atoms in total. The van der Waals surface area contributed by atoms with Gasteiger partial charge in [0.15, 0.2) is 11.5 Å². The molecule has 1 aromatic heterocycles. The maximum atomic E-state index is 13.0. The van der Waals surface area contributed by atoms with Crippen molar-refractivity contribution in [2.24, 2.45) is 0 Å². The molecule has 2 aromatic carbocycles. The van der Waals surface area contributed by atoms with E-state index in [1.165, 1.54) is 0 Å². The van der Waals surface area contributed by atoms with Crippen molar-refractivity contribution in [3.8, 4) is 11.5 Å². The van der Waals surface area contributed by atoms with Crippen LogP contribution in [0.25, 0.3) is 0 Å². The van der Waals surface area contributed by atoms with Crippen LogP contribution >= 0.6 is 0 Å². The van der Waals surface area contributed by atoms with Gasteiger partial charge in [-0.2, -0.15) is 0 Å². The van der Waals surface area contributed by atoms with Crippen molar-refractivity contribution in [3.63, 3.8) is 0 Å². The minimum absolute atomic E-state index is 0.192. The second-order valence-corrected chi connectivity index (χ2v) is 6.85. The van der Waals surface area contributed by atoms with Crippen molar-refractivity contribution in [2.45, 2.75) is 20.0 Å². The molecular formula is C23H22N2O6. The monoisotopic (exact) mass is 422 g/mol. The van der Waals surface area contributed by atoms with Crippen molar-refractivity contribution in [3.05, 3.63) is 77.7 Å². The summed E-state index contributed by atoms with van der Waals surface area (Å²) in [5.74, 6) is 1.61. The molecule has 160 valence electrons. The predicted octanol–water partition coefficient (Wildman–Crippen LogP) is 4.42. The summed E-state index contributed by atoms with van der Waals surface area (Å²) in [6.07, 6.45) is 1.57. The van der Waals surface area contributed by atoms with E-state index < -0.39 is 5.97 Å². The summed E-state index contributed by atoms with van der Waals surface area (Å²) < 4.78 is 21.2. The number of amides is 2. The highest BCUT2D eigenvalue weighted by Crippen LogP contribution is 2.33. The number of hydrogen-bond donors (Lipinski definition) is 1. The molecule has 2 amide bonds. The number of carbonyl (C=O) groups excluding carboxylic acids is 2. The highest BCUT2D eigenvalue weighted by molar-refractivity contribution is 5.92. The van der Waals surface area contributed by atoms with Gasteiger partial charge in [0, 0.05) is 12.2 Å². The van der Waals surface area contributed by atoms with Crippen molar-refractivity contribution >= 4 is 17.7 Å². The van der Waals surface area contributed by atoms with Gasteiger partial charge in [0.2, 0.25) is 6.79 Å². The fraction of sp³-hybridized carbons (Fsp3) is 0.217. The lowest BCUT2D eigenvalue weighted by atomic mass is 10.2. The zero-order valence-electron chi connectivity index (χ0n) is 17.0. The third-order valence-corrected chi connectivity index (χ3v) is 4.67. The van der Waals surface area contributed by atoms with Gasteiger partial charge in [-0.05, 0) is 61.0 Å². The topological polar surface area (TPSA) is 90.2 Å². The van der Waals surface area contributed by atoms with Crippen molar-refractivity contribution in [1.82, 2.24) is 4.90 Å². The average molecular weight is 422 g/mol. The molecule has 1 N–H and O–H groups in total. The Morgan fingerprint density at radius 2 is 1.84 bits per heavy atom. The largest absolute Gasteiger partial charge is 0.467 e. The molecule has 3 aromatic rings. The Labute approximate surface area is 179 Å². The first-order valence-corrected chi connectivity index (χ1v) is 9.86. The molecule has 0 radical (unpaired) electrons. The minimum atomic E-state index is -0.400. The van der Waals surface area contributed by atoms with Crippen LogP contribution in [0.15, 0.2) is 65.3 Å². The number of carbonyl (C=O) groups is 2. The fourth-order valence-electron chi connectivity index (χ4n) is 3.16. The van der Waals surface area contributed by atoms with Crippen molar-refractivity contribution < 1.29 is 28.2 Å². The van der Waals surface area contributed by atoms with E-state index in [0.717, 1.165) is 5.56 Å². The number of benzene rings is 2. The molecule has 31 heavy (non-hydrogen) atoms. The SMILES string of the molecule is CCOC(=O)c1ccc(NC(=O)N(Cc2ccc3c(c2)OCO3)Cc2ccco2)cc1. The maximum absolute atomic E-state index is 13.0. The van der Waals surface area contributed by atoms with Gasteiger partial charge >= 0.3 is 12.0 Å². The number of rotatable bonds is 7. The molecule has 0 saturated heterocycles. The average Bonchev–Trinajstić information content (AvgIpc) is 3.45. The Morgan fingerprint density at radius 1 is 1.03 bits per heavy atom. The number of anilines is 1. The Bertz CT molecular complexity index is 1050. The van der Waals surface area contributed by atoms with E-state index in [1.807, 2.05) is 24.3 Å². The third kappa shape index (κ3) is 4.98. The summed E-state index contributed by atoms with van der Waals surface area (Å²) in [5.41, 5.74) is 1.88. The lowest BCUT2D eigenvalue weighted by Crippen LogP contribution is -2.34. The number of ether oxygens (including phenoxy) is 3. The smallest absolute Gasteiger partial charge is 0.338 e. The lowest BCUT2D eigenvalue weighted by molar-refractivity contribution is 0.0526. The van der Waals surface area contributed by atoms with E-state index in [4.69, 9.17) is 18.6 Å². The van der Waals surface area contributed by atoms with Gasteiger partial charge < -0.3 is 28.8 Å². The van der Waals surface area contributed by atoms with Gasteiger partial charge in [-0.1, -0.05) is 6.07 Å². The second-order valence-electron chi connectivity index (χ2n) is 6.85. The van der Waals surface area contributed by atoms with Crippen LogP contribution in [0.5, 0.6) is 11.5 Å². The summed E-state index contributed by atoms with van der Waals surface area (Å²) in [6.45, 7) is 2.87. The van der Waals surface area contributed by atoms with Crippen molar-refractivity contribution in [2.75, 3.05) is 18.7 Å². The van der Waals surface area contributed by atoms with Crippen molar-refractivity contribution in [1.29, 1.82) is 0 Å². The molecule has 4 rings (SSSR count). The molecule has 0 spiro atoms. The molecule has 2 heterocycles. The van der Waals surface area contributed by atoms with Crippen LogP contribution in [-0.4, -0.2) is 30.3 Å². The standard InChI is InChI=1S/C23H22N2O6/c1-2-28-22(26)17-6-8-18(9-7-17)24-23(27)25(14-19-4-3-11-29-19)13-16-5-10-20-21(12-16)31-15-30-20/h3-12H,2,13-15H2,1H3,(H,24,27). The number of nitrogens with one attached hydrogen (secondary N) is 1. The third-order valence-electron chi connectivity index (χ3n) is 4.67. The molecule has 8 heteroatoms. The summed E-state index contributed by atoms with van der Waals surface area (Å²) in [5, 5.41) is 2.86. The first kappa shape index (κ1) is 20.3. The van der Waals surface area contributed by atoms with Gasteiger partial charge in [-0.3, -0.25) is 0 Å². The van der Waals surface area contributed by atoms with Crippen LogP contribution in [0.4, 0.5) is 10.5 Å². The molecule has 0 fully saturated rings. The maximum Gasteiger partial charge on any atom is 0.338 e. The van der Waals surface area contributed by atoms with Crippen LogP contribution in [-0.2, 0) is 17.8 Å². The molecule has 0 saturated carbocycles. The first-order chi connectivity index (χ1) is 15.1. The summed E-state index contributed by atoms with van der Waals surface area (Å²) >= 11 is 0. The second kappa shape index (κ2) is 9.25. The number of esters is 1. The Hall–Kier alpha value is -3.94. The van der Waals surface area contributed by atoms with Crippen LogP contribution in [0, 0.1) is 0 Å². The van der Waals surface area contributed by atoms with Crippen LogP contribution < -0.4 is 14.8 Å². The van der Waals surface area contributed by atoms with Gasteiger partial charge in [0.1, 0.15) is 5.76 Å². The van der Waals surface area contributed by atoms with E-state index in [0.29, 0.717) is 41.7 Å². The number of urea groups is 1. The highest BCUT2D eigenvalue weighted by Gasteiger charge is 2.19. The number of nitrogens with zero attached hydrogens (tertiary/aromatic N) is 1. The summed E-state index contributed by atoms with van der Waals surface area (Å²) in [6, 6.07) is 15.4. The molecule has 1 aliphatic heterocycles. The molecule has 0 bridgehead atoms. The minimum Gasteiger partial charge on any atom is -0.467 e. The normalized spacial score (nSPS) is 11.8. The molecule has 0 aliphatic carbocycles. The lowest BCUT2D eigenvalue weighted by Gasteiger charge is -2.22. The quantitative estimate of drug-likeness (QED) is 0.567. The predicted molar refractivity (Wildman–Crippen MR) is 112 cm³/mol. The summed E-state index contributed by atoms with van der Waals surface area (Å²) in [4.78, 5) is 26.4. The van der Waals surface area contributed by atoms with E-state index >= 15 is 0 Å². The zero-order chi connectivity index (χ0) is 21.6. The Kier molecular flexibility index (Phi) is 6.07. The molecular weight excluding hydrogens is 400 g/mol. The van der Waals surface area contributed by atoms with Gasteiger partial charge in [-0.25, -0.2) is 9.59 Å². The number of fused-ring (bicyclic) bond motifs is 1. The molecule has 1 aliphatic rings.